The average Bonchev–Trinajstić information content (AvgIpc) is 2.77. The highest BCUT2D eigenvalue weighted by molar-refractivity contribution is 6.24. The van der Waals surface area contributed by atoms with Crippen LogP contribution in [0.2, 0.25) is 0 Å². The van der Waals surface area contributed by atoms with Crippen molar-refractivity contribution in [3.63, 3.8) is 0 Å². The van der Waals surface area contributed by atoms with Gasteiger partial charge in [-0.2, -0.15) is 13.2 Å². The summed E-state index contributed by atoms with van der Waals surface area (Å²) in [7, 11) is 0. The fraction of sp³-hybridized carbons (Fsp3) is 0.0833. The molecule has 0 atom stereocenters. The van der Waals surface area contributed by atoms with Crippen molar-refractivity contribution >= 4 is 23.7 Å². The van der Waals surface area contributed by atoms with Crippen molar-refractivity contribution < 1.29 is 27.9 Å². The molecule has 0 radical (unpaired) electrons. The van der Waals surface area contributed by atoms with E-state index < -0.39 is 12.1 Å². The number of carboxylic acid groups (broad SMARTS) is 1. The van der Waals surface area contributed by atoms with Gasteiger partial charge in [0.05, 0.1) is 0 Å². The zero-order valence-electron chi connectivity index (χ0n) is 9.39. The van der Waals surface area contributed by atoms with Gasteiger partial charge >= 0.3 is 12.1 Å². The smallest absolute Gasteiger partial charge is 0.475 e. The minimum atomic E-state index is -5.08. The Balaban J connectivity index is 0.000000224. The van der Waals surface area contributed by atoms with E-state index in [9.17, 15) is 18.0 Å². The SMILES string of the molecule is O=C(O)C(F)(F)F.O=C1C=C(c2ccccc2)C=N1. The molecule has 1 amide bonds. The van der Waals surface area contributed by atoms with Gasteiger partial charge in [-0.15, -0.1) is 0 Å². The number of alkyl halides is 3. The molecule has 0 saturated heterocycles. The van der Waals surface area contributed by atoms with Crippen molar-refractivity contribution in [2.45, 2.75) is 6.18 Å². The number of carboxylic acids is 1. The van der Waals surface area contributed by atoms with Crippen LogP contribution in [0.25, 0.3) is 5.57 Å². The molecule has 1 heterocycles. The molecule has 100 valence electrons. The second-order valence-electron chi connectivity index (χ2n) is 3.37. The van der Waals surface area contributed by atoms with Gasteiger partial charge in [0.2, 0.25) is 0 Å². The maximum absolute atomic E-state index is 10.8. The number of nitrogens with zero attached hydrogens (tertiary/aromatic N) is 1. The molecule has 7 heteroatoms. The molecule has 0 spiro atoms. The van der Waals surface area contributed by atoms with Gasteiger partial charge in [-0.1, -0.05) is 30.3 Å². The summed E-state index contributed by atoms with van der Waals surface area (Å²) in [6.45, 7) is 0. The molecule has 0 aliphatic carbocycles. The van der Waals surface area contributed by atoms with E-state index in [0.717, 1.165) is 11.1 Å². The highest BCUT2D eigenvalue weighted by Gasteiger charge is 2.38. The van der Waals surface area contributed by atoms with E-state index in [1.54, 1.807) is 6.21 Å². The Morgan fingerprint density at radius 3 is 2.05 bits per heavy atom. The Labute approximate surface area is 105 Å². The summed E-state index contributed by atoms with van der Waals surface area (Å²) < 4.78 is 31.7. The summed E-state index contributed by atoms with van der Waals surface area (Å²) in [5.74, 6) is -2.93. The Bertz CT molecular complexity index is 533. The molecule has 1 aromatic carbocycles. The number of hydrogen-bond acceptors (Lipinski definition) is 2. The van der Waals surface area contributed by atoms with Gasteiger partial charge in [-0.25, -0.2) is 9.79 Å². The van der Waals surface area contributed by atoms with Crippen LogP contribution < -0.4 is 0 Å². The van der Waals surface area contributed by atoms with E-state index in [4.69, 9.17) is 9.90 Å². The van der Waals surface area contributed by atoms with E-state index in [1.165, 1.54) is 6.08 Å². The first kappa shape index (κ1) is 14.6. The van der Waals surface area contributed by atoms with E-state index in [1.807, 2.05) is 30.3 Å². The molecule has 2 rings (SSSR count). The first-order chi connectivity index (χ1) is 8.80. The molecule has 19 heavy (non-hydrogen) atoms. The van der Waals surface area contributed by atoms with Gasteiger partial charge in [0.15, 0.2) is 0 Å². The second-order valence-corrected chi connectivity index (χ2v) is 3.37. The van der Waals surface area contributed by atoms with Gasteiger partial charge in [0.25, 0.3) is 5.91 Å². The number of carbonyl (C=O) groups excluding carboxylic acids is 1. The second kappa shape index (κ2) is 5.94. The summed E-state index contributed by atoms with van der Waals surface area (Å²) in [6, 6.07) is 9.73. The predicted molar refractivity (Wildman–Crippen MR) is 61.6 cm³/mol. The maximum atomic E-state index is 10.8. The topological polar surface area (TPSA) is 66.7 Å². The first-order valence-corrected chi connectivity index (χ1v) is 4.96. The zero-order valence-corrected chi connectivity index (χ0v) is 9.39. The third kappa shape index (κ3) is 4.74. The fourth-order valence-electron chi connectivity index (χ4n) is 1.13. The summed E-state index contributed by atoms with van der Waals surface area (Å²) in [6.07, 6.45) is -1.95. The highest BCUT2D eigenvalue weighted by atomic mass is 19.4. The van der Waals surface area contributed by atoms with Crippen molar-refractivity contribution in [2.24, 2.45) is 4.99 Å². The van der Waals surface area contributed by atoms with E-state index in [0.29, 0.717) is 0 Å². The van der Waals surface area contributed by atoms with Crippen LogP contribution in [0.4, 0.5) is 13.2 Å². The van der Waals surface area contributed by atoms with Crippen LogP contribution in [0.1, 0.15) is 5.56 Å². The first-order valence-electron chi connectivity index (χ1n) is 4.96. The van der Waals surface area contributed by atoms with Crippen LogP contribution in [0.15, 0.2) is 41.4 Å². The standard InChI is InChI=1S/C10H7NO.C2HF3O2/c12-10-6-9(7-11-10)8-4-2-1-3-5-8;3-2(4,5)1(6)7/h1-7H;(H,6,7). The summed E-state index contributed by atoms with van der Waals surface area (Å²) >= 11 is 0. The third-order valence-corrected chi connectivity index (χ3v) is 1.96. The van der Waals surface area contributed by atoms with Crippen LogP contribution in [0.5, 0.6) is 0 Å². The molecular formula is C12H8F3NO3. The Hall–Kier alpha value is -2.44. The minimum absolute atomic E-state index is 0.172. The van der Waals surface area contributed by atoms with E-state index >= 15 is 0 Å². The van der Waals surface area contributed by atoms with Gasteiger partial charge < -0.3 is 5.11 Å². The van der Waals surface area contributed by atoms with Crippen LogP contribution in [0, 0.1) is 0 Å². The molecule has 0 aromatic heterocycles. The summed E-state index contributed by atoms with van der Waals surface area (Å²) in [4.78, 5) is 23.3. The molecule has 1 aliphatic heterocycles. The van der Waals surface area contributed by atoms with Crippen molar-refractivity contribution in [3.8, 4) is 0 Å². The molecule has 1 N–H and O–H groups in total. The predicted octanol–water partition coefficient (Wildman–Crippen LogP) is 2.31. The minimum Gasteiger partial charge on any atom is -0.475 e. The maximum Gasteiger partial charge on any atom is 0.490 e. The Morgan fingerprint density at radius 2 is 1.68 bits per heavy atom. The van der Waals surface area contributed by atoms with Crippen LogP contribution >= 0.6 is 0 Å². The quantitative estimate of drug-likeness (QED) is 0.852. The lowest BCUT2D eigenvalue weighted by Crippen LogP contribution is -2.21. The third-order valence-electron chi connectivity index (χ3n) is 1.96. The number of rotatable bonds is 1. The molecular weight excluding hydrogens is 263 g/mol. The van der Waals surface area contributed by atoms with Crippen molar-refractivity contribution in [1.29, 1.82) is 0 Å². The van der Waals surface area contributed by atoms with E-state index in [2.05, 4.69) is 4.99 Å². The van der Waals surface area contributed by atoms with Crippen molar-refractivity contribution in [1.82, 2.24) is 0 Å². The normalized spacial score (nSPS) is 13.6. The molecule has 1 aliphatic rings. The lowest BCUT2D eigenvalue weighted by molar-refractivity contribution is -0.192. The lowest BCUT2D eigenvalue weighted by Gasteiger charge is -1.94. The Morgan fingerprint density at radius 1 is 1.16 bits per heavy atom. The summed E-state index contributed by atoms with van der Waals surface area (Å²) in [5.41, 5.74) is 1.92. The number of amides is 1. The van der Waals surface area contributed by atoms with Crippen molar-refractivity contribution in [3.05, 3.63) is 42.0 Å². The number of carbonyl (C=O) groups is 2. The monoisotopic (exact) mass is 271 g/mol. The van der Waals surface area contributed by atoms with Gasteiger partial charge in [-0.3, -0.25) is 4.79 Å². The summed E-state index contributed by atoms with van der Waals surface area (Å²) in [5, 5.41) is 7.12. The number of hydrogen-bond donors (Lipinski definition) is 1. The molecule has 0 fully saturated rings. The number of halogens is 3. The number of aliphatic carboxylic acids is 1. The van der Waals surface area contributed by atoms with Crippen molar-refractivity contribution in [2.75, 3.05) is 0 Å². The average molecular weight is 271 g/mol. The fourth-order valence-corrected chi connectivity index (χ4v) is 1.13. The number of allylic oxidation sites excluding steroid dienone is 1. The van der Waals surface area contributed by atoms with Crippen LogP contribution in [-0.2, 0) is 9.59 Å². The largest absolute Gasteiger partial charge is 0.490 e. The number of benzene rings is 1. The molecule has 1 aromatic rings. The van der Waals surface area contributed by atoms with Gasteiger partial charge in [0, 0.05) is 17.9 Å². The van der Waals surface area contributed by atoms with Crippen LogP contribution in [-0.4, -0.2) is 29.4 Å². The molecule has 4 nitrogen and oxygen atoms in total. The van der Waals surface area contributed by atoms with E-state index in [-0.39, 0.29) is 5.91 Å². The van der Waals surface area contributed by atoms with Gasteiger partial charge in [0.1, 0.15) is 0 Å². The van der Waals surface area contributed by atoms with Gasteiger partial charge in [-0.05, 0) is 5.56 Å². The number of aliphatic imine (C=N–C) groups is 1. The highest BCUT2D eigenvalue weighted by Crippen LogP contribution is 2.15. The van der Waals surface area contributed by atoms with Crippen LogP contribution in [0.3, 0.4) is 0 Å². The lowest BCUT2D eigenvalue weighted by atomic mass is 10.1. The zero-order chi connectivity index (χ0) is 14.5. The molecule has 0 bridgehead atoms. The Kier molecular flexibility index (Phi) is 4.57. The molecule has 0 unspecified atom stereocenters. The molecule has 0 saturated carbocycles.